The van der Waals surface area contributed by atoms with E-state index in [2.05, 4.69) is 5.32 Å². The Bertz CT molecular complexity index is 608. The van der Waals surface area contributed by atoms with Crippen molar-refractivity contribution >= 4 is 11.9 Å². The molecule has 0 aromatic heterocycles. The second kappa shape index (κ2) is 5.83. The molecule has 1 fully saturated rings. The van der Waals surface area contributed by atoms with Gasteiger partial charge in [-0.25, -0.2) is 0 Å². The third kappa shape index (κ3) is 2.58. The monoisotopic (exact) mass is 301 g/mol. The molecule has 2 bridgehead atoms. The lowest BCUT2D eigenvalue weighted by atomic mass is 9.82. The van der Waals surface area contributed by atoms with E-state index in [1.165, 1.54) is 0 Å². The summed E-state index contributed by atoms with van der Waals surface area (Å²) in [6.07, 6.45) is 4.70. The van der Waals surface area contributed by atoms with Crippen molar-refractivity contribution in [2.45, 2.75) is 13.0 Å². The summed E-state index contributed by atoms with van der Waals surface area (Å²) in [5.74, 6) is -1.27. The summed E-state index contributed by atoms with van der Waals surface area (Å²) >= 11 is 0. The van der Waals surface area contributed by atoms with Crippen LogP contribution >= 0.6 is 0 Å². The molecule has 1 saturated carbocycles. The molecule has 2 aliphatic rings. The highest BCUT2D eigenvalue weighted by molar-refractivity contribution is 5.86. The van der Waals surface area contributed by atoms with E-state index in [0.717, 1.165) is 17.7 Å². The van der Waals surface area contributed by atoms with Gasteiger partial charge in [-0.1, -0.05) is 24.3 Å². The van der Waals surface area contributed by atoms with Crippen LogP contribution in [0.1, 0.15) is 12.0 Å². The molecule has 22 heavy (non-hydrogen) atoms. The van der Waals surface area contributed by atoms with Gasteiger partial charge in [0, 0.05) is 6.54 Å². The van der Waals surface area contributed by atoms with Gasteiger partial charge in [0.25, 0.3) is 0 Å². The number of hydrogen-bond acceptors (Lipinski definition) is 3. The Labute approximate surface area is 129 Å². The molecule has 1 aromatic rings. The number of carbonyl (C=O) groups excluding carboxylic acids is 1. The molecule has 4 unspecified atom stereocenters. The number of ether oxygens (including phenoxy) is 1. The van der Waals surface area contributed by atoms with Gasteiger partial charge in [0.1, 0.15) is 5.75 Å². The Morgan fingerprint density at radius 3 is 2.41 bits per heavy atom. The van der Waals surface area contributed by atoms with Crippen LogP contribution in [0.5, 0.6) is 5.75 Å². The normalized spacial score (nSPS) is 28.6. The van der Waals surface area contributed by atoms with E-state index in [1.54, 1.807) is 7.11 Å². The molecule has 4 atom stereocenters. The Hall–Kier alpha value is -2.30. The van der Waals surface area contributed by atoms with Gasteiger partial charge in [0.2, 0.25) is 5.91 Å². The van der Waals surface area contributed by atoms with Gasteiger partial charge in [-0.2, -0.15) is 0 Å². The second-order valence-corrected chi connectivity index (χ2v) is 5.90. The van der Waals surface area contributed by atoms with Crippen molar-refractivity contribution in [1.29, 1.82) is 0 Å². The van der Waals surface area contributed by atoms with Gasteiger partial charge >= 0.3 is 5.97 Å². The van der Waals surface area contributed by atoms with Crippen LogP contribution in [0.4, 0.5) is 0 Å². The van der Waals surface area contributed by atoms with Crippen molar-refractivity contribution in [3.05, 3.63) is 42.0 Å². The van der Waals surface area contributed by atoms with Gasteiger partial charge in [-0.3, -0.25) is 9.59 Å². The number of allylic oxidation sites excluding steroid dienone is 2. The largest absolute Gasteiger partial charge is 0.497 e. The zero-order valence-corrected chi connectivity index (χ0v) is 12.4. The summed E-state index contributed by atoms with van der Waals surface area (Å²) in [6.45, 7) is 0.396. The quantitative estimate of drug-likeness (QED) is 0.814. The van der Waals surface area contributed by atoms with E-state index >= 15 is 0 Å². The highest BCUT2D eigenvalue weighted by Crippen LogP contribution is 2.48. The number of carbonyl (C=O) groups is 2. The minimum absolute atomic E-state index is 0.000707. The van der Waals surface area contributed by atoms with Crippen molar-refractivity contribution in [2.75, 3.05) is 7.11 Å². The molecule has 0 radical (unpaired) electrons. The minimum Gasteiger partial charge on any atom is -0.497 e. The van der Waals surface area contributed by atoms with E-state index in [4.69, 9.17) is 4.74 Å². The van der Waals surface area contributed by atoms with E-state index in [0.29, 0.717) is 6.54 Å². The summed E-state index contributed by atoms with van der Waals surface area (Å²) in [4.78, 5) is 23.8. The second-order valence-electron chi connectivity index (χ2n) is 5.90. The van der Waals surface area contributed by atoms with Crippen LogP contribution in [0.2, 0.25) is 0 Å². The van der Waals surface area contributed by atoms with E-state index in [-0.39, 0.29) is 17.7 Å². The molecular formula is C17H19NO4. The third-order valence-electron chi connectivity index (χ3n) is 4.67. The van der Waals surface area contributed by atoms with Crippen LogP contribution < -0.4 is 10.1 Å². The van der Waals surface area contributed by atoms with Crippen molar-refractivity contribution in [2.24, 2.45) is 23.7 Å². The number of aliphatic carboxylic acids is 1. The van der Waals surface area contributed by atoms with Crippen molar-refractivity contribution in [3.8, 4) is 5.75 Å². The first kappa shape index (κ1) is 14.6. The van der Waals surface area contributed by atoms with Gasteiger partial charge in [-0.05, 0) is 36.0 Å². The van der Waals surface area contributed by atoms with Crippen LogP contribution in [0, 0.1) is 23.7 Å². The maximum Gasteiger partial charge on any atom is 0.307 e. The summed E-state index contributed by atoms with van der Waals surface area (Å²) in [5.41, 5.74) is 0.958. The maximum atomic E-state index is 12.4. The number of methoxy groups -OCH3 is 1. The average molecular weight is 301 g/mol. The SMILES string of the molecule is COc1ccc(CNC(=O)C2C3C=CC(C3)C2C(=O)O)cc1. The molecule has 0 heterocycles. The van der Waals surface area contributed by atoms with Gasteiger partial charge < -0.3 is 15.2 Å². The fraction of sp³-hybridized carbons (Fsp3) is 0.412. The maximum absolute atomic E-state index is 12.4. The van der Waals surface area contributed by atoms with E-state index in [9.17, 15) is 14.7 Å². The predicted octanol–water partition coefficient (Wildman–Crippen LogP) is 1.83. The van der Waals surface area contributed by atoms with Crippen molar-refractivity contribution in [1.82, 2.24) is 5.32 Å². The number of carboxylic acids is 1. The topological polar surface area (TPSA) is 75.6 Å². The number of carboxylic acid groups (broad SMARTS) is 1. The number of hydrogen-bond donors (Lipinski definition) is 2. The molecule has 116 valence electrons. The lowest BCUT2D eigenvalue weighted by molar-refractivity contribution is -0.147. The standard InChI is InChI=1S/C17H19NO4/c1-22-13-6-2-10(3-7-13)9-18-16(19)14-11-4-5-12(8-11)15(14)17(20)21/h2-7,11-12,14-15H,8-9H2,1H3,(H,18,19)(H,20,21). The van der Waals surface area contributed by atoms with Crippen LogP contribution in [-0.4, -0.2) is 24.1 Å². The fourth-order valence-electron chi connectivity index (χ4n) is 3.57. The predicted molar refractivity (Wildman–Crippen MR) is 80.2 cm³/mol. The highest BCUT2D eigenvalue weighted by Gasteiger charge is 2.51. The Morgan fingerprint density at radius 1 is 1.18 bits per heavy atom. The van der Waals surface area contributed by atoms with Crippen LogP contribution in [0.15, 0.2) is 36.4 Å². The van der Waals surface area contributed by atoms with E-state index in [1.807, 2.05) is 36.4 Å². The Morgan fingerprint density at radius 2 is 1.82 bits per heavy atom. The van der Waals surface area contributed by atoms with Crippen LogP contribution in [0.3, 0.4) is 0 Å². The van der Waals surface area contributed by atoms with Gasteiger partial charge in [0.05, 0.1) is 18.9 Å². The number of rotatable bonds is 5. The fourth-order valence-corrected chi connectivity index (χ4v) is 3.57. The molecule has 0 aliphatic heterocycles. The summed E-state index contributed by atoms with van der Waals surface area (Å²) in [5, 5.41) is 12.2. The smallest absolute Gasteiger partial charge is 0.307 e. The zero-order valence-electron chi connectivity index (χ0n) is 12.4. The first-order valence-corrected chi connectivity index (χ1v) is 7.42. The molecule has 1 aromatic carbocycles. The first-order valence-electron chi connectivity index (χ1n) is 7.42. The number of benzene rings is 1. The van der Waals surface area contributed by atoms with Gasteiger partial charge in [0.15, 0.2) is 0 Å². The summed E-state index contributed by atoms with van der Waals surface area (Å²) in [7, 11) is 1.60. The molecule has 1 amide bonds. The first-order chi connectivity index (χ1) is 10.6. The third-order valence-corrected chi connectivity index (χ3v) is 4.67. The van der Waals surface area contributed by atoms with Crippen LogP contribution in [0.25, 0.3) is 0 Å². The average Bonchev–Trinajstić information content (AvgIpc) is 3.14. The van der Waals surface area contributed by atoms with Crippen molar-refractivity contribution in [3.63, 3.8) is 0 Å². The molecule has 2 aliphatic carbocycles. The number of amides is 1. The molecule has 5 nitrogen and oxygen atoms in total. The number of nitrogens with one attached hydrogen (secondary N) is 1. The molecule has 5 heteroatoms. The molecular weight excluding hydrogens is 282 g/mol. The lowest BCUT2D eigenvalue weighted by Gasteiger charge is -2.23. The molecule has 0 saturated heterocycles. The summed E-state index contributed by atoms with van der Waals surface area (Å²) in [6, 6.07) is 7.44. The van der Waals surface area contributed by atoms with E-state index < -0.39 is 17.8 Å². The zero-order chi connectivity index (χ0) is 15.7. The highest BCUT2D eigenvalue weighted by atomic mass is 16.5. The molecule has 2 N–H and O–H groups in total. The Kier molecular flexibility index (Phi) is 3.88. The Balaban J connectivity index is 1.64. The van der Waals surface area contributed by atoms with Crippen molar-refractivity contribution < 1.29 is 19.4 Å². The van der Waals surface area contributed by atoms with Crippen LogP contribution in [-0.2, 0) is 16.1 Å². The summed E-state index contributed by atoms with van der Waals surface area (Å²) < 4.78 is 5.09. The number of fused-ring (bicyclic) bond motifs is 2. The lowest BCUT2D eigenvalue weighted by Crippen LogP contribution is -2.39. The molecule has 0 spiro atoms. The molecule has 3 rings (SSSR count). The van der Waals surface area contributed by atoms with Gasteiger partial charge in [-0.15, -0.1) is 0 Å². The minimum atomic E-state index is -0.874.